The molecular formula is C9H8N2OS. The van der Waals surface area contributed by atoms with Gasteiger partial charge < -0.3 is 4.52 Å². The molecule has 0 atom stereocenters. The highest BCUT2D eigenvalue weighted by atomic mass is 32.2. The number of rotatable bonds is 3. The minimum atomic E-state index is 0.730. The summed E-state index contributed by atoms with van der Waals surface area (Å²) in [7, 11) is 0. The van der Waals surface area contributed by atoms with Crippen molar-refractivity contribution in [3.05, 3.63) is 42.5 Å². The number of hydrogen-bond acceptors (Lipinski definition) is 4. The molecule has 1 aromatic heterocycles. The predicted molar refractivity (Wildman–Crippen MR) is 50.3 cm³/mol. The average molecular weight is 192 g/mol. The minimum absolute atomic E-state index is 0.730. The molecule has 0 saturated heterocycles. The van der Waals surface area contributed by atoms with E-state index >= 15 is 0 Å². The quantitative estimate of drug-likeness (QED) is 0.700. The summed E-state index contributed by atoms with van der Waals surface area (Å²) >= 11 is 1.69. The minimum Gasteiger partial charge on any atom is -0.343 e. The van der Waals surface area contributed by atoms with Crippen molar-refractivity contribution >= 4 is 11.8 Å². The van der Waals surface area contributed by atoms with Crippen molar-refractivity contribution in [3.8, 4) is 0 Å². The topological polar surface area (TPSA) is 38.9 Å². The molecule has 0 spiro atoms. The fourth-order valence-corrected chi connectivity index (χ4v) is 1.69. The standard InChI is InChI=1S/C9H8N2OS/c1-2-4-8(5-3-1)13-6-9-10-7-12-11-9/h1-5,7H,6H2. The van der Waals surface area contributed by atoms with E-state index in [0.29, 0.717) is 0 Å². The van der Waals surface area contributed by atoms with Crippen LogP contribution in [0.2, 0.25) is 0 Å². The van der Waals surface area contributed by atoms with Gasteiger partial charge in [-0.3, -0.25) is 0 Å². The summed E-state index contributed by atoms with van der Waals surface area (Å²) in [6, 6.07) is 10.1. The van der Waals surface area contributed by atoms with E-state index in [0.717, 1.165) is 11.6 Å². The van der Waals surface area contributed by atoms with Gasteiger partial charge in [-0.05, 0) is 12.1 Å². The van der Waals surface area contributed by atoms with Crippen LogP contribution < -0.4 is 0 Å². The lowest BCUT2D eigenvalue weighted by Crippen LogP contribution is -1.82. The molecule has 0 bridgehead atoms. The van der Waals surface area contributed by atoms with Crippen LogP contribution in [0, 0.1) is 0 Å². The Balaban J connectivity index is 1.94. The van der Waals surface area contributed by atoms with Crippen molar-refractivity contribution in [3.63, 3.8) is 0 Å². The molecule has 0 saturated carbocycles. The van der Waals surface area contributed by atoms with Gasteiger partial charge in [-0.2, -0.15) is 4.98 Å². The van der Waals surface area contributed by atoms with E-state index in [4.69, 9.17) is 0 Å². The van der Waals surface area contributed by atoms with Crippen LogP contribution in [0.3, 0.4) is 0 Å². The molecule has 2 aromatic rings. The molecule has 4 heteroatoms. The Morgan fingerprint density at radius 3 is 2.77 bits per heavy atom. The van der Waals surface area contributed by atoms with Crippen LogP contribution in [-0.4, -0.2) is 10.1 Å². The van der Waals surface area contributed by atoms with E-state index < -0.39 is 0 Å². The van der Waals surface area contributed by atoms with Crippen molar-refractivity contribution in [2.75, 3.05) is 0 Å². The number of nitrogens with zero attached hydrogens (tertiary/aromatic N) is 2. The Kier molecular flexibility index (Phi) is 2.62. The first-order valence-electron chi connectivity index (χ1n) is 3.88. The maximum absolute atomic E-state index is 4.63. The zero-order chi connectivity index (χ0) is 8.93. The number of aromatic nitrogens is 2. The molecule has 0 fully saturated rings. The van der Waals surface area contributed by atoms with Gasteiger partial charge in [0.25, 0.3) is 0 Å². The van der Waals surface area contributed by atoms with Gasteiger partial charge in [0.15, 0.2) is 5.82 Å². The molecule has 0 aliphatic carbocycles. The van der Waals surface area contributed by atoms with Gasteiger partial charge in [0.05, 0.1) is 5.75 Å². The van der Waals surface area contributed by atoms with E-state index in [2.05, 4.69) is 26.8 Å². The first kappa shape index (κ1) is 8.31. The van der Waals surface area contributed by atoms with E-state index in [1.165, 1.54) is 11.3 Å². The van der Waals surface area contributed by atoms with Crippen LogP contribution in [0.1, 0.15) is 5.82 Å². The zero-order valence-electron chi connectivity index (χ0n) is 6.88. The third-order valence-corrected chi connectivity index (χ3v) is 2.53. The molecule has 0 aliphatic rings. The Hall–Kier alpha value is -1.29. The fraction of sp³-hybridized carbons (Fsp3) is 0.111. The maximum atomic E-state index is 4.63. The van der Waals surface area contributed by atoms with Crippen LogP contribution in [0.15, 0.2) is 46.1 Å². The summed E-state index contributed by atoms with van der Waals surface area (Å²) in [5.74, 6) is 1.48. The third-order valence-electron chi connectivity index (χ3n) is 1.52. The predicted octanol–water partition coefficient (Wildman–Crippen LogP) is 2.36. The Labute approximate surface area is 80.2 Å². The highest BCUT2D eigenvalue weighted by Gasteiger charge is 1.98. The lowest BCUT2D eigenvalue weighted by molar-refractivity contribution is 0.412. The largest absolute Gasteiger partial charge is 0.343 e. The molecule has 2 rings (SSSR count). The monoisotopic (exact) mass is 192 g/mol. The first-order valence-corrected chi connectivity index (χ1v) is 4.87. The molecule has 66 valence electrons. The molecule has 1 aromatic carbocycles. The SMILES string of the molecule is c1ccc(SCc2ncon2)cc1. The molecule has 13 heavy (non-hydrogen) atoms. The lowest BCUT2D eigenvalue weighted by atomic mass is 10.4. The molecule has 0 radical (unpaired) electrons. The smallest absolute Gasteiger partial charge is 0.213 e. The summed E-state index contributed by atoms with van der Waals surface area (Å²) in [5, 5.41) is 3.72. The second-order valence-electron chi connectivity index (χ2n) is 2.45. The van der Waals surface area contributed by atoms with Crippen molar-refractivity contribution < 1.29 is 4.52 Å². The van der Waals surface area contributed by atoms with Crippen molar-refractivity contribution in [2.45, 2.75) is 10.6 Å². The van der Waals surface area contributed by atoms with Gasteiger partial charge in [0.2, 0.25) is 6.39 Å². The summed E-state index contributed by atoms with van der Waals surface area (Å²) in [5.41, 5.74) is 0. The number of thioether (sulfide) groups is 1. The summed E-state index contributed by atoms with van der Waals surface area (Å²) in [6.45, 7) is 0. The van der Waals surface area contributed by atoms with Gasteiger partial charge in [-0.15, -0.1) is 11.8 Å². The van der Waals surface area contributed by atoms with Gasteiger partial charge in [0, 0.05) is 4.90 Å². The van der Waals surface area contributed by atoms with Crippen LogP contribution >= 0.6 is 11.8 Å². The average Bonchev–Trinajstić information content (AvgIpc) is 2.69. The molecule has 1 heterocycles. The van der Waals surface area contributed by atoms with Crippen LogP contribution in [-0.2, 0) is 5.75 Å². The van der Waals surface area contributed by atoms with Gasteiger partial charge in [-0.1, -0.05) is 23.4 Å². The van der Waals surface area contributed by atoms with E-state index in [1.807, 2.05) is 18.2 Å². The van der Waals surface area contributed by atoms with E-state index in [-0.39, 0.29) is 0 Å². The zero-order valence-corrected chi connectivity index (χ0v) is 7.70. The second kappa shape index (κ2) is 4.09. The molecule has 3 nitrogen and oxygen atoms in total. The van der Waals surface area contributed by atoms with Crippen LogP contribution in [0.5, 0.6) is 0 Å². The molecular weight excluding hydrogens is 184 g/mol. The van der Waals surface area contributed by atoms with Crippen molar-refractivity contribution in [1.82, 2.24) is 10.1 Å². The Morgan fingerprint density at radius 1 is 1.23 bits per heavy atom. The maximum Gasteiger partial charge on any atom is 0.213 e. The Bertz CT molecular complexity index is 347. The third kappa shape index (κ3) is 2.32. The highest BCUT2D eigenvalue weighted by Crippen LogP contribution is 2.19. The summed E-state index contributed by atoms with van der Waals surface area (Å²) < 4.78 is 4.63. The molecule has 0 unspecified atom stereocenters. The van der Waals surface area contributed by atoms with Crippen LogP contribution in [0.25, 0.3) is 0 Å². The molecule has 0 aliphatic heterocycles. The highest BCUT2D eigenvalue weighted by molar-refractivity contribution is 7.98. The van der Waals surface area contributed by atoms with Crippen molar-refractivity contribution in [2.24, 2.45) is 0 Å². The number of hydrogen-bond donors (Lipinski definition) is 0. The van der Waals surface area contributed by atoms with Crippen molar-refractivity contribution in [1.29, 1.82) is 0 Å². The first-order chi connectivity index (χ1) is 6.45. The van der Waals surface area contributed by atoms with E-state index in [1.54, 1.807) is 11.8 Å². The fourth-order valence-electron chi connectivity index (χ4n) is 0.921. The van der Waals surface area contributed by atoms with Crippen LogP contribution in [0.4, 0.5) is 0 Å². The van der Waals surface area contributed by atoms with Gasteiger partial charge in [0.1, 0.15) is 0 Å². The van der Waals surface area contributed by atoms with Gasteiger partial charge >= 0.3 is 0 Å². The number of benzene rings is 1. The summed E-state index contributed by atoms with van der Waals surface area (Å²) in [6.07, 6.45) is 1.35. The Morgan fingerprint density at radius 2 is 2.08 bits per heavy atom. The molecule has 0 N–H and O–H groups in total. The van der Waals surface area contributed by atoms with Gasteiger partial charge in [-0.25, -0.2) is 0 Å². The molecule has 0 amide bonds. The lowest BCUT2D eigenvalue weighted by Gasteiger charge is -1.95. The second-order valence-corrected chi connectivity index (χ2v) is 3.50. The van der Waals surface area contributed by atoms with E-state index in [9.17, 15) is 0 Å². The summed E-state index contributed by atoms with van der Waals surface area (Å²) in [4.78, 5) is 5.15. The normalized spacial score (nSPS) is 10.2.